The van der Waals surface area contributed by atoms with Gasteiger partial charge >= 0.3 is 0 Å². The van der Waals surface area contributed by atoms with E-state index in [2.05, 4.69) is 20.8 Å². The van der Waals surface area contributed by atoms with Gasteiger partial charge in [0.1, 0.15) is 0 Å². The lowest BCUT2D eigenvalue weighted by atomic mass is 9.66. The Kier molecular flexibility index (Phi) is 3.36. The lowest BCUT2D eigenvalue weighted by Gasteiger charge is -2.42. The zero-order valence-corrected chi connectivity index (χ0v) is 11.3. The fraction of sp³-hybridized carbons (Fsp3) is 1.00. The maximum atomic E-state index is 10.6. The van der Waals surface area contributed by atoms with Gasteiger partial charge in [0.15, 0.2) is 0 Å². The van der Waals surface area contributed by atoms with Crippen LogP contribution in [0.25, 0.3) is 0 Å². The monoisotopic (exact) mass is 224 g/mol. The van der Waals surface area contributed by atoms with Crippen LogP contribution in [0.4, 0.5) is 0 Å². The molecule has 0 unspecified atom stereocenters. The summed E-state index contributed by atoms with van der Waals surface area (Å²) in [6.07, 6.45) is 9.81. The van der Waals surface area contributed by atoms with Crippen LogP contribution in [-0.2, 0) is 0 Å². The Morgan fingerprint density at radius 3 is 1.88 bits per heavy atom. The lowest BCUT2D eigenvalue weighted by Crippen LogP contribution is -2.39. The van der Waals surface area contributed by atoms with Crippen molar-refractivity contribution in [1.82, 2.24) is 0 Å². The van der Waals surface area contributed by atoms with Gasteiger partial charge in [0, 0.05) is 0 Å². The fourth-order valence-corrected chi connectivity index (χ4v) is 3.89. The lowest BCUT2D eigenvalue weighted by molar-refractivity contribution is -0.0393. The molecule has 0 aromatic rings. The van der Waals surface area contributed by atoms with Crippen LogP contribution in [0.3, 0.4) is 0 Å². The van der Waals surface area contributed by atoms with Gasteiger partial charge in [0.25, 0.3) is 0 Å². The van der Waals surface area contributed by atoms with Crippen LogP contribution >= 0.6 is 0 Å². The van der Waals surface area contributed by atoms with Gasteiger partial charge in [-0.3, -0.25) is 0 Å². The van der Waals surface area contributed by atoms with Crippen molar-refractivity contribution in [2.45, 2.75) is 77.7 Å². The van der Waals surface area contributed by atoms with Gasteiger partial charge in [-0.25, -0.2) is 0 Å². The maximum Gasteiger partial charge on any atom is 0.0675 e. The van der Waals surface area contributed by atoms with E-state index in [-0.39, 0.29) is 5.60 Å². The Labute approximate surface area is 101 Å². The molecule has 1 heteroatoms. The summed E-state index contributed by atoms with van der Waals surface area (Å²) in [5.74, 6) is 1.47. The predicted molar refractivity (Wildman–Crippen MR) is 68.3 cm³/mol. The highest BCUT2D eigenvalue weighted by molar-refractivity contribution is 4.94. The third kappa shape index (κ3) is 2.45. The van der Waals surface area contributed by atoms with Gasteiger partial charge in [0.05, 0.1) is 5.60 Å². The Balaban J connectivity index is 1.90. The predicted octanol–water partition coefficient (Wildman–Crippen LogP) is 4.14. The molecule has 0 aromatic heterocycles. The summed E-state index contributed by atoms with van der Waals surface area (Å²) in [6.45, 7) is 7.09. The topological polar surface area (TPSA) is 20.2 Å². The molecule has 94 valence electrons. The van der Waals surface area contributed by atoms with Gasteiger partial charge < -0.3 is 5.11 Å². The maximum absolute atomic E-state index is 10.6. The molecule has 2 rings (SSSR count). The summed E-state index contributed by atoms with van der Waals surface area (Å²) in [5, 5.41) is 10.6. The van der Waals surface area contributed by atoms with E-state index in [4.69, 9.17) is 0 Å². The highest BCUT2D eigenvalue weighted by atomic mass is 16.3. The van der Waals surface area contributed by atoms with E-state index < -0.39 is 0 Å². The molecule has 0 bridgehead atoms. The van der Waals surface area contributed by atoms with E-state index in [0.29, 0.717) is 11.3 Å². The molecule has 0 radical (unpaired) electrons. The third-order valence-electron chi connectivity index (χ3n) is 5.18. The molecule has 0 spiro atoms. The average Bonchev–Trinajstić information content (AvgIpc) is 2.66. The van der Waals surface area contributed by atoms with E-state index >= 15 is 0 Å². The normalized spacial score (nSPS) is 35.2. The molecule has 0 saturated heterocycles. The largest absolute Gasteiger partial charge is 0.390 e. The summed E-state index contributed by atoms with van der Waals surface area (Å²) in [4.78, 5) is 0. The van der Waals surface area contributed by atoms with Crippen LogP contribution in [0, 0.1) is 17.3 Å². The number of aliphatic hydroxyl groups is 1. The molecular formula is C15H28O. The standard InChI is InChI=1S/C15H28O/c1-14(2,3)12-6-8-13(9-7-12)15(16)10-4-5-11-15/h12-13,16H,4-11H2,1-3H3. The van der Waals surface area contributed by atoms with Crippen LogP contribution in [0.15, 0.2) is 0 Å². The summed E-state index contributed by atoms with van der Waals surface area (Å²) in [7, 11) is 0. The van der Waals surface area contributed by atoms with Crippen LogP contribution in [0.1, 0.15) is 72.1 Å². The van der Waals surface area contributed by atoms with E-state index in [1.165, 1.54) is 38.5 Å². The first-order valence-corrected chi connectivity index (χ1v) is 7.14. The minimum absolute atomic E-state index is 0.275. The Bertz CT molecular complexity index is 224. The quantitative estimate of drug-likeness (QED) is 0.709. The molecule has 0 heterocycles. The zero-order valence-electron chi connectivity index (χ0n) is 11.3. The Morgan fingerprint density at radius 2 is 1.44 bits per heavy atom. The molecule has 2 aliphatic rings. The van der Waals surface area contributed by atoms with E-state index in [9.17, 15) is 5.11 Å². The molecule has 2 aliphatic carbocycles. The first-order chi connectivity index (χ1) is 7.42. The number of hydrogen-bond donors (Lipinski definition) is 1. The summed E-state index contributed by atoms with van der Waals surface area (Å²) >= 11 is 0. The number of hydrogen-bond acceptors (Lipinski definition) is 1. The van der Waals surface area contributed by atoms with Crippen molar-refractivity contribution < 1.29 is 5.11 Å². The molecule has 0 atom stereocenters. The third-order valence-corrected chi connectivity index (χ3v) is 5.18. The molecule has 0 aromatic carbocycles. The van der Waals surface area contributed by atoms with E-state index in [1.807, 2.05) is 0 Å². The average molecular weight is 224 g/mol. The molecule has 2 saturated carbocycles. The summed E-state index contributed by atoms with van der Waals surface area (Å²) < 4.78 is 0. The Hall–Kier alpha value is -0.0400. The van der Waals surface area contributed by atoms with Crippen LogP contribution in [0.5, 0.6) is 0 Å². The van der Waals surface area contributed by atoms with Gasteiger partial charge in [-0.15, -0.1) is 0 Å². The van der Waals surface area contributed by atoms with Crippen molar-refractivity contribution in [2.75, 3.05) is 0 Å². The van der Waals surface area contributed by atoms with Gasteiger partial charge in [-0.05, 0) is 55.8 Å². The second kappa shape index (κ2) is 4.33. The first kappa shape index (κ1) is 12.4. The fourth-order valence-electron chi connectivity index (χ4n) is 3.89. The van der Waals surface area contributed by atoms with Gasteiger partial charge in [-0.1, -0.05) is 33.6 Å². The second-order valence-corrected chi connectivity index (χ2v) is 7.23. The summed E-state index contributed by atoms with van der Waals surface area (Å²) in [6, 6.07) is 0. The SMILES string of the molecule is CC(C)(C)C1CCC(C2(O)CCCC2)CC1. The van der Waals surface area contributed by atoms with Crippen molar-refractivity contribution in [3.05, 3.63) is 0 Å². The Morgan fingerprint density at radius 1 is 0.938 bits per heavy atom. The van der Waals surface area contributed by atoms with E-state index in [1.54, 1.807) is 0 Å². The molecule has 2 fully saturated rings. The van der Waals surface area contributed by atoms with Crippen molar-refractivity contribution in [2.24, 2.45) is 17.3 Å². The zero-order chi connectivity index (χ0) is 11.8. The first-order valence-electron chi connectivity index (χ1n) is 7.14. The van der Waals surface area contributed by atoms with Crippen LogP contribution in [-0.4, -0.2) is 10.7 Å². The minimum atomic E-state index is -0.275. The van der Waals surface area contributed by atoms with Crippen molar-refractivity contribution >= 4 is 0 Å². The molecular weight excluding hydrogens is 196 g/mol. The van der Waals surface area contributed by atoms with E-state index in [0.717, 1.165) is 18.8 Å². The molecule has 0 aliphatic heterocycles. The van der Waals surface area contributed by atoms with Crippen LogP contribution in [0.2, 0.25) is 0 Å². The number of rotatable bonds is 1. The second-order valence-electron chi connectivity index (χ2n) is 7.23. The van der Waals surface area contributed by atoms with Crippen LogP contribution < -0.4 is 0 Å². The van der Waals surface area contributed by atoms with Crippen molar-refractivity contribution in [1.29, 1.82) is 0 Å². The summed E-state index contributed by atoms with van der Waals surface area (Å²) in [5.41, 5.74) is 0.187. The van der Waals surface area contributed by atoms with Gasteiger partial charge in [-0.2, -0.15) is 0 Å². The van der Waals surface area contributed by atoms with Crippen molar-refractivity contribution in [3.63, 3.8) is 0 Å². The van der Waals surface area contributed by atoms with Gasteiger partial charge in [0.2, 0.25) is 0 Å². The highest BCUT2D eigenvalue weighted by Gasteiger charge is 2.42. The van der Waals surface area contributed by atoms with Crippen molar-refractivity contribution in [3.8, 4) is 0 Å². The minimum Gasteiger partial charge on any atom is -0.390 e. The highest BCUT2D eigenvalue weighted by Crippen LogP contribution is 2.47. The smallest absolute Gasteiger partial charge is 0.0675 e. The molecule has 1 N–H and O–H groups in total. The molecule has 0 amide bonds. The molecule has 1 nitrogen and oxygen atoms in total. The molecule has 16 heavy (non-hydrogen) atoms.